The van der Waals surface area contributed by atoms with Crippen LogP contribution in [0.3, 0.4) is 0 Å². The number of amides is 1. The summed E-state index contributed by atoms with van der Waals surface area (Å²) in [5, 5.41) is 11.9. The van der Waals surface area contributed by atoms with Crippen molar-refractivity contribution in [3.63, 3.8) is 0 Å². The molecule has 15 heavy (non-hydrogen) atoms. The zero-order chi connectivity index (χ0) is 11.6. The zero-order valence-electron chi connectivity index (χ0n) is 9.36. The second-order valence-corrected chi connectivity index (χ2v) is 4.21. The topological polar surface area (TPSA) is 69.6 Å². The third-order valence-corrected chi connectivity index (χ3v) is 3.12. The van der Waals surface area contributed by atoms with Crippen molar-refractivity contribution in [1.82, 2.24) is 10.2 Å². The number of carboxylic acid groups (broad SMARTS) is 1. The molecule has 0 aromatic rings. The van der Waals surface area contributed by atoms with Crippen LogP contribution in [0.5, 0.6) is 0 Å². The summed E-state index contributed by atoms with van der Waals surface area (Å²) in [6, 6.07) is -0.759. The number of carbonyl (C=O) groups excluding carboxylic acids is 1. The molecule has 1 rings (SSSR count). The smallest absolute Gasteiger partial charge is 0.326 e. The third-order valence-electron chi connectivity index (χ3n) is 3.12. The molecule has 0 spiro atoms. The Labute approximate surface area is 89.4 Å². The van der Waals surface area contributed by atoms with Gasteiger partial charge in [-0.25, -0.2) is 4.79 Å². The molecule has 2 N–H and O–H groups in total. The summed E-state index contributed by atoms with van der Waals surface area (Å²) < 4.78 is 0. The molecule has 0 aromatic heterocycles. The predicted molar refractivity (Wildman–Crippen MR) is 55.4 cm³/mol. The average molecular weight is 214 g/mol. The normalized spacial score (nSPS) is 27.4. The Bertz CT molecular complexity index is 267. The molecule has 0 saturated carbocycles. The molecule has 1 unspecified atom stereocenters. The van der Waals surface area contributed by atoms with Gasteiger partial charge in [0.25, 0.3) is 0 Å². The van der Waals surface area contributed by atoms with Gasteiger partial charge >= 0.3 is 5.97 Å². The minimum absolute atomic E-state index is 0.0811. The Balaban J connectivity index is 2.63. The predicted octanol–water partition coefficient (Wildman–Crippen LogP) is -0.227. The van der Waals surface area contributed by atoms with Crippen molar-refractivity contribution in [2.75, 3.05) is 20.1 Å². The van der Waals surface area contributed by atoms with Crippen LogP contribution in [0.2, 0.25) is 0 Å². The van der Waals surface area contributed by atoms with E-state index in [0.29, 0.717) is 6.54 Å². The van der Waals surface area contributed by atoms with Crippen LogP contribution in [0.1, 0.15) is 13.8 Å². The number of hydrogen-bond donors (Lipinski definition) is 2. The number of hydrogen-bond acceptors (Lipinski definition) is 3. The van der Waals surface area contributed by atoms with Crippen molar-refractivity contribution in [3.05, 3.63) is 0 Å². The van der Waals surface area contributed by atoms with E-state index < -0.39 is 12.0 Å². The van der Waals surface area contributed by atoms with E-state index in [1.165, 1.54) is 11.8 Å². The summed E-state index contributed by atoms with van der Waals surface area (Å²) in [5.41, 5.74) is 0. The first-order valence-electron chi connectivity index (χ1n) is 5.15. The molecule has 0 aromatic carbocycles. The van der Waals surface area contributed by atoms with Crippen LogP contribution in [-0.4, -0.2) is 48.1 Å². The Hall–Kier alpha value is -1.10. The van der Waals surface area contributed by atoms with E-state index in [1.54, 1.807) is 7.05 Å². The molecule has 0 radical (unpaired) electrons. The highest BCUT2D eigenvalue weighted by Gasteiger charge is 2.34. The number of nitrogens with zero attached hydrogens (tertiary/aromatic N) is 1. The van der Waals surface area contributed by atoms with Gasteiger partial charge in [-0.2, -0.15) is 0 Å². The number of carboxylic acids is 1. The minimum Gasteiger partial charge on any atom is -0.480 e. The standard InChI is InChI=1S/C10H18N2O3/c1-6-4-11-5-8(6)9(13)12(3)7(2)10(14)15/h6-8,11H,4-5H2,1-3H3,(H,14,15)/t6-,7?,8-/m1/s1. The fourth-order valence-corrected chi connectivity index (χ4v) is 1.76. The molecule has 1 fully saturated rings. The van der Waals surface area contributed by atoms with Crippen molar-refractivity contribution >= 4 is 11.9 Å². The van der Waals surface area contributed by atoms with E-state index in [9.17, 15) is 9.59 Å². The lowest BCUT2D eigenvalue weighted by atomic mass is 9.96. The lowest BCUT2D eigenvalue weighted by Crippen LogP contribution is -2.44. The van der Waals surface area contributed by atoms with Crippen molar-refractivity contribution in [3.8, 4) is 0 Å². The Morgan fingerprint density at radius 3 is 2.47 bits per heavy atom. The van der Waals surface area contributed by atoms with Gasteiger partial charge < -0.3 is 15.3 Å². The first-order chi connectivity index (χ1) is 6.95. The molecular weight excluding hydrogens is 196 g/mol. The molecule has 1 aliphatic heterocycles. The molecule has 5 nitrogen and oxygen atoms in total. The summed E-state index contributed by atoms with van der Waals surface area (Å²) in [6.45, 7) is 5.00. The van der Waals surface area contributed by atoms with E-state index in [-0.39, 0.29) is 17.7 Å². The molecule has 3 atom stereocenters. The number of carbonyl (C=O) groups is 2. The van der Waals surface area contributed by atoms with E-state index in [0.717, 1.165) is 6.54 Å². The fraction of sp³-hybridized carbons (Fsp3) is 0.800. The largest absolute Gasteiger partial charge is 0.480 e. The lowest BCUT2D eigenvalue weighted by molar-refractivity contribution is -0.150. The Morgan fingerprint density at radius 1 is 1.47 bits per heavy atom. The molecule has 1 heterocycles. The second-order valence-electron chi connectivity index (χ2n) is 4.21. The van der Waals surface area contributed by atoms with Crippen molar-refractivity contribution < 1.29 is 14.7 Å². The summed E-state index contributed by atoms with van der Waals surface area (Å²) in [6.07, 6.45) is 0. The summed E-state index contributed by atoms with van der Waals surface area (Å²) >= 11 is 0. The van der Waals surface area contributed by atoms with Crippen LogP contribution < -0.4 is 5.32 Å². The van der Waals surface area contributed by atoms with Crippen LogP contribution >= 0.6 is 0 Å². The molecule has 86 valence electrons. The zero-order valence-corrected chi connectivity index (χ0v) is 9.36. The van der Waals surface area contributed by atoms with Gasteiger partial charge in [-0.15, -0.1) is 0 Å². The first kappa shape index (κ1) is 12.0. The molecule has 0 bridgehead atoms. The van der Waals surface area contributed by atoms with E-state index in [2.05, 4.69) is 5.32 Å². The maximum absolute atomic E-state index is 11.9. The van der Waals surface area contributed by atoms with E-state index in [1.807, 2.05) is 6.92 Å². The maximum Gasteiger partial charge on any atom is 0.326 e. The molecule has 5 heteroatoms. The molecular formula is C10H18N2O3. The highest BCUT2D eigenvalue weighted by atomic mass is 16.4. The molecule has 1 amide bonds. The number of rotatable bonds is 3. The van der Waals surface area contributed by atoms with Crippen molar-refractivity contribution in [2.24, 2.45) is 11.8 Å². The second kappa shape index (κ2) is 4.61. The van der Waals surface area contributed by atoms with Crippen LogP contribution in [0.15, 0.2) is 0 Å². The summed E-state index contributed by atoms with van der Waals surface area (Å²) in [4.78, 5) is 24.0. The number of nitrogens with one attached hydrogen (secondary N) is 1. The highest BCUT2D eigenvalue weighted by molar-refractivity contribution is 5.85. The van der Waals surface area contributed by atoms with Crippen LogP contribution in [0.25, 0.3) is 0 Å². The lowest BCUT2D eigenvalue weighted by Gasteiger charge is -2.26. The fourth-order valence-electron chi connectivity index (χ4n) is 1.76. The van der Waals surface area contributed by atoms with Crippen molar-refractivity contribution in [2.45, 2.75) is 19.9 Å². The summed E-state index contributed by atoms with van der Waals surface area (Å²) in [7, 11) is 1.55. The Kier molecular flexibility index (Phi) is 3.68. The molecule has 1 aliphatic rings. The quantitative estimate of drug-likeness (QED) is 0.681. The summed E-state index contributed by atoms with van der Waals surface area (Å²) in [5.74, 6) is -0.857. The highest BCUT2D eigenvalue weighted by Crippen LogP contribution is 2.18. The number of likely N-dealkylation sites (N-methyl/N-ethyl adjacent to an activating group) is 1. The monoisotopic (exact) mass is 214 g/mol. The van der Waals surface area contributed by atoms with E-state index in [4.69, 9.17) is 5.11 Å². The van der Waals surface area contributed by atoms with Gasteiger partial charge in [0.05, 0.1) is 5.92 Å². The van der Waals surface area contributed by atoms with Gasteiger partial charge in [-0.05, 0) is 19.4 Å². The van der Waals surface area contributed by atoms with Gasteiger partial charge in [0.2, 0.25) is 5.91 Å². The van der Waals surface area contributed by atoms with Gasteiger partial charge in [0, 0.05) is 13.6 Å². The SMILES string of the molecule is CC(C(=O)O)N(C)C(=O)[C@@H]1CNC[C@H]1C. The Morgan fingerprint density at radius 2 is 2.07 bits per heavy atom. The van der Waals surface area contributed by atoms with Gasteiger partial charge in [-0.1, -0.05) is 6.92 Å². The van der Waals surface area contributed by atoms with Gasteiger partial charge in [0.1, 0.15) is 6.04 Å². The first-order valence-corrected chi connectivity index (χ1v) is 5.15. The number of aliphatic carboxylic acids is 1. The maximum atomic E-state index is 11.9. The van der Waals surface area contributed by atoms with Crippen LogP contribution in [0, 0.1) is 11.8 Å². The van der Waals surface area contributed by atoms with Crippen LogP contribution in [-0.2, 0) is 9.59 Å². The van der Waals surface area contributed by atoms with Gasteiger partial charge in [-0.3, -0.25) is 4.79 Å². The van der Waals surface area contributed by atoms with Gasteiger partial charge in [0.15, 0.2) is 0 Å². The van der Waals surface area contributed by atoms with Crippen LogP contribution in [0.4, 0.5) is 0 Å². The molecule has 0 aliphatic carbocycles. The van der Waals surface area contributed by atoms with E-state index >= 15 is 0 Å². The minimum atomic E-state index is -0.968. The average Bonchev–Trinajstić information content (AvgIpc) is 2.60. The molecule has 1 saturated heterocycles. The third kappa shape index (κ3) is 2.47. The van der Waals surface area contributed by atoms with Crippen molar-refractivity contribution in [1.29, 1.82) is 0 Å².